The molecule has 2 fully saturated rings. The van der Waals surface area contributed by atoms with Crippen molar-refractivity contribution in [3.05, 3.63) is 22.3 Å². The van der Waals surface area contributed by atoms with Gasteiger partial charge in [-0.05, 0) is 37.5 Å². The predicted octanol–water partition coefficient (Wildman–Crippen LogP) is 3.57. The van der Waals surface area contributed by atoms with Crippen LogP contribution in [0.1, 0.15) is 51.4 Å². The van der Waals surface area contributed by atoms with E-state index in [0.717, 1.165) is 31.6 Å². The molecule has 0 atom stereocenters. The average molecular weight is 223 g/mol. The fourth-order valence-electron chi connectivity index (χ4n) is 2.97. The number of rotatable bonds is 3. The molecule has 0 aromatic heterocycles. The van der Waals surface area contributed by atoms with Crippen LogP contribution in [-0.4, -0.2) is 11.0 Å². The van der Waals surface area contributed by atoms with Crippen molar-refractivity contribution in [1.29, 1.82) is 0 Å². The Balaban J connectivity index is 1.74. The van der Waals surface area contributed by atoms with Crippen LogP contribution < -0.4 is 0 Å². The van der Waals surface area contributed by atoms with E-state index >= 15 is 0 Å². The van der Waals surface area contributed by atoms with Gasteiger partial charge in [0.1, 0.15) is 0 Å². The molecule has 0 heterocycles. The van der Waals surface area contributed by atoms with Gasteiger partial charge in [0.2, 0.25) is 6.04 Å². The lowest BCUT2D eigenvalue weighted by Crippen LogP contribution is -2.25. The summed E-state index contributed by atoms with van der Waals surface area (Å²) < 4.78 is 0. The summed E-state index contributed by atoms with van der Waals surface area (Å²) in [5, 5.41) is 10.6. The first-order valence-corrected chi connectivity index (χ1v) is 6.57. The van der Waals surface area contributed by atoms with Crippen molar-refractivity contribution in [3.8, 4) is 0 Å². The minimum atomic E-state index is -0.267. The van der Waals surface area contributed by atoms with Crippen LogP contribution >= 0.6 is 0 Å². The molecular formula is C13H21NO2. The maximum atomic E-state index is 10.6. The number of hydrogen-bond donors (Lipinski definition) is 0. The first-order chi connectivity index (χ1) is 7.75. The van der Waals surface area contributed by atoms with Crippen molar-refractivity contribution in [2.75, 3.05) is 0 Å². The molecule has 0 aromatic carbocycles. The zero-order chi connectivity index (χ0) is 11.4. The van der Waals surface area contributed by atoms with Crippen molar-refractivity contribution in [1.82, 2.24) is 0 Å². The molecule has 2 aliphatic rings. The van der Waals surface area contributed by atoms with Crippen LogP contribution in [0, 0.1) is 22.0 Å². The van der Waals surface area contributed by atoms with Gasteiger partial charge < -0.3 is 0 Å². The third-order valence-corrected chi connectivity index (χ3v) is 4.09. The summed E-state index contributed by atoms with van der Waals surface area (Å²) in [6.45, 7) is 0. The minimum Gasteiger partial charge on any atom is -0.264 e. The van der Waals surface area contributed by atoms with Crippen LogP contribution in [0.4, 0.5) is 0 Å². The van der Waals surface area contributed by atoms with Gasteiger partial charge >= 0.3 is 0 Å². The maximum absolute atomic E-state index is 10.6. The highest BCUT2D eigenvalue weighted by Crippen LogP contribution is 2.30. The van der Waals surface area contributed by atoms with E-state index < -0.39 is 0 Å². The minimum absolute atomic E-state index is 0.100. The lowest BCUT2D eigenvalue weighted by molar-refractivity contribution is -0.526. The Bertz CT molecular complexity index is 261. The molecule has 3 heteroatoms. The summed E-state index contributed by atoms with van der Waals surface area (Å²) in [6.07, 6.45) is 13.7. The largest absolute Gasteiger partial charge is 0.264 e. The quantitative estimate of drug-likeness (QED) is 0.417. The molecule has 0 spiro atoms. The Morgan fingerprint density at radius 3 is 1.88 bits per heavy atom. The second-order valence-corrected chi connectivity index (χ2v) is 5.28. The second kappa shape index (κ2) is 5.46. The van der Waals surface area contributed by atoms with E-state index in [4.69, 9.17) is 0 Å². The predicted molar refractivity (Wildman–Crippen MR) is 63.8 cm³/mol. The highest BCUT2D eigenvalue weighted by Gasteiger charge is 2.27. The molecule has 3 nitrogen and oxygen atoms in total. The van der Waals surface area contributed by atoms with Gasteiger partial charge in [-0.2, -0.15) is 0 Å². The lowest BCUT2D eigenvalue weighted by Gasteiger charge is -2.21. The van der Waals surface area contributed by atoms with Crippen LogP contribution in [-0.2, 0) is 0 Å². The van der Waals surface area contributed by atoms with Crippen molar-refractivity contribution in [2.45, 2.75) is 57.4 Å². The molecule has 90 valence electrons. The lowest BCUT2D eigenvalue weighted by atomic mass is 9.85. The summed E-state index contributed by atoms with van der Waals surface area (Å²) >= 11 is 0. The van der Waals surface area contributed by atoms with E-state index in [1.54, 1.807) is 0 Å². The van der Waals surface area contributed by atoms with Gasteiger partial charge in [-0.25, -0.2) is 0 Å². The molecule has 2 saturated carbocycles. The van der Waals surface area contributed by atoms with E-state index in [1.165, 1.54) is 25.7 Å². The van der Waals surface area contributed by atoms with E-state index in [2.05, 4.69) is 12.2 Å². The standard InChI is InChI=1S/C13H21NO2/c15-14(16)13-9-7-12(8-10-13)6-5-11-3-1-2-4-11/h5-6,11-13H,1-4,7-10H2/b6-5+. The summed E-state index contributed by atoms with van der Waals surface area (Å²) in [5.41, 5.74) is 0. The van der Waals surface area contributed by atoms with Crippen molar-refractivity contribution < 1.29 is 4.92 Å². The topological polar surface area (TPSA) is 43.1 Å². The smallest absolute Gasteiger partial charge is 0.213 e. The number of nitrogens with zero attached hydrogens (tertiary/aromatic N) is 1. The Labute approximate surface area is 97.1 Å². The molecule has 2 aliphatic carbocycles. The van der Waals surface area contributed by atoms with E-state index in [1.807, 2.05) is 0 Å². The summed E-state index contributed by atoms with van der Waals surface area (Å²) in [7, 11) is 0. The Morgan fingerprint density at radius 2 is 1.38 bits per heavy atom. The fraction of sp³-hybridized carbons (Fsp3) is 0.846. The van der Waals surface area contributed by atoms with E-state index in [9.17, 15) is 10.1 Å². The molecule has 16 heavy (non-hydrogen) atoms. The van der Waals surface area contributed by atoms with Crippen molar-refractivity contribution in [2.24, 2.45) is 11.8 Å². The molecule has 0 saturated heterocycles. The van der Waals surface area contributed by atoms with Gasteiger partial charge in [0.15, 0.2) is 0 Å². The third kappa shape index (κ3) is 3.06. The summed E-state index contributed by atoms with van der Waals surface area (Å²) in [5.74, 6) is 1.41. The molecule has 0 N–H and O–H groups in total. The highest BCUT2D eigenvalue weighted by atomic mass is 16.6. The van der Waals surface area contributed by atoms with Crippen LogP contribution in [0.25, 0.3) is 0 Å². The molecular weight excluding hydrogens is 202 g/mol. The first-order valence-electron chi connectivity index (χ1n) is 6.57. The molecule has 0 unspecified atom stereocenters. The van der Waals surface area contributed by atoms with Crippen molar-refractivity contribution >= 4 is 0 Å². The van der Waals surface area contributed by atoms with Gasteiger partial charge in [0.25, 0.3) is 0 Å². The molecule has 0 radical (unpaired) electrons. The van der Waals surface area contributed by atoms with E-state index in [-0.39, 0.29) is 11.0 Å². The summed E-state index contributed by atoms with van der Waals surface area (Å²) in [4.78, 5) is 10.5. The fourth-order valence-corrected chi connectivity index (χ4v) is 2.97. The molecule has 0 bridgehead atoms. The van der Waals surface area contributed by atoms with Crippen LogP contribution in [0.3, 0.4) is 0 Å². The van der Waals surface area contributed by atoms with E-state index in [0.29, 0.717) is 5.92 Å². The Hall–Kier alpha value is -0.860. The van der Waals surface area contributed by atoms with Crippen LogP contribution in [0.15, 0.2) is 12.2 Å². The third-order valence-electron chi connectivity index (χ3n) is 4.09. The highest BCUT2D eigenvalue weighted by molar-refractivity contribution is 4.96. The van der Waals surface area contributed by atoms with Crippen LogP contribution in [0.5, 0.6) is 0 Å². The molecule has 2 rings (SSSR count). The number of nitro groups is 1. The van der Waals surface area contributed by atoms with Crippen LogP contribution in [0.2, 0.25) is 0 Å². The van der Waals surface area contributed by atoms with Gasteiger partial charge in [0, 0.05) is 17.8 Å². The van der Waals surface area contributed by atoms with Gasteiger partial charge in [-0.1, -0.05) is 25.0 Å². The average Bonchev–Trinajstić information content (AvgIpc) is 2.80. The second-order valence-electron chi connectivity index (χ2n) is 5.28. The molecule has 0 amide bonds. The van der Waals surface area contributed by atoms with Gasteiger partial charge in [0.05, 0.1) is 0 Å². The summed E-state index contributed by atoms with van der Waals surface area (Å²) in [6, 6.07) is -0.267. The Morgan fingerprint density at radius 1 is 0.875 bits per heavy atom. The van der Waals surface area contributed by atoms with Crippen molar-refractivity contribution in [3.63, 3.8) is 0 Å². The monoisotopic (exact) mass is 223 g/mol. The van der Waals surface area contributed by atoms with Gasteiger partial charge in [-0.15, -0.1) is 0 Å². The zero-order valence-electron chi connectivity index (χ0n) is 9.81. The SMILES string of the molecule is O=[N+]([O-])C1CCC(/C=C/C2CCCC2)CC1. The van der Waals surface area contributed by atoms with Gasteiger partial charge in [-0.3, -0.25) is 10.1 Å². The maximum Gasteiger partial charge on any atom is 0.213 e. The zero-order valence-corrected chi connectivity index (χ0v) is 9.81. The Kier molecular flexibility index (Phi) is 3.97. The molecule has 0 aromatic rings. The molecule has 0 aliphatic heterocycles. The first kappa shape index (κ1) is 11.6. The normalized spacial score (nSPS) is 32.2. The number of hydrogen-bond acceptors (Lipinski definition) is 2. The number of allylic oxidation sites excluding steroid dienone is 2.